The standard InChI is InChI=1S/C9H21P/c1-4-5-6-9(2)7-8-10-3/h9-10H,4-8H2,1-3H3. The largest absolute Gasteiger partial charge is 0.125 e. The summed E-state index contributed by atoms with van der Waals surface area (Å²) in [4.78, 5) is 0. The van der Waals surface area contributed by atoms with Gasteiger partial charge in [0.25, 0.3) is 0 Å². The van der Waals surface area contributed by atoms with Crippen molar-refractivity contribution in [2.45, 2.75) is 39.5 Å². The number of unbranched alkanes of at least 4 members (excludes halogenated alkanes) is 1. The molecule has 2 atom stereocenters. The SMILES string of the molecule is CCCCC(C)CCPC. The Kier molecular flexibility index (Phi) is 7.86. The molecule has 0 bridgehead atoms. The van der Waals surface area contributed by atoms with Crippen molar-refractivity contribution in [2.75, 3.05) is 12.8 Å². The molecule has 0 heterocycles. The van der Waals surface area contributed by atoms with E-state index in [0.717, 1.165) is 14.5 Å². The lowest BCUT2D eigenvalue weighted by atomic mass is 10.0. The molecule has 0 aromatic heterocycles. The van der Waals surface area contributed by atoms with E-state index >= 15 is 0 Å². The van der Waals surface area contributed by atoms with Crippen molar-refractivity contribution in [3.63, 3.8) is 0 Å². The molecule has 2 unspecified atom stereocenters. The third kappa shape index (κ3) is 6.55. The lowest BCUT2D eigenvalue weighted by molar-refractivity contribution is 0.495. The van der Waals surface area contributed by atoms with Crippen LogP contribution in [-0.2, 0) is 0 Å². The van der Waals surface area contributed by atoms with Crippen LogP contribution in [0.15, 0.2) is 0 Å². The molecule has 0 aromatic carbocycles. The monoisotopic (exact) mass is 160 g/mol. The van der Waals surface area contributed by atoms with Crippen LogP contribution in [0.4, 0.5) is 0 Å². The van der Waals surface area contributed by atoms with Crippen LogP contribution in [0, 0.1) is 5.92 Å². The van der Waals surface area contributed by atoms with Gasteiger partial charge in [-0.05, 0) is 25.2 Å². The Morgan fingerprint density at radius 2 is 2.00 bits per heavy atom. The Morgan fingerprint density at radius 1 is 1.30 bits per heavy atom. The summed E-state index contributed by atoms with van der Waals surface area (Å²) in [6.45, 7) is 6.95. The molecule has 0 rings (SSSR count). The summed E-state index contributed by atoms with van der Waals surface area (Å²) >= 11 is 0. The van der Waals surface area contributed by atoms with Crippen LogP contribution >= 0.6 is 8.58 Å². The molecular formula is C9H21P. The summed E-state index contributed by atoms with van der Waals surface area (Å²) in [5.41, 5.74) is 0. The second-order valence-corrected chi connectivity index (χ2v) is 4.35. The maximum Gasteiger partial charge on any atom is -0.0353 e. The van der Waals surface area contributed by atoms with Crippen molar-refractivity contribution in [3.05, 3.63) is 0 Å². The van der Waals surface area contributed by atoms with Crippen LogP contribution in [0.3, 0.4) is 0 Å². The van der Waals surface area contributed by atoms with Gasteiger partial charge in [-0.2, -0.15) is 0 Å². The van der Waals surface area contributed by atoms with E-state index in [1.54, 1.807) is 0 Å². The number of rotatable bonds is 6. The van der Waals surface area contributed by atoms with Gasteiger partial charge < -0.3 is 0 Å². The molecular weight excluding hydrogens is 139 g/mol. The zero-order chi connectivity index (χ0) is 7.82. The topological polar surface area (TPSA) is 0 Å². The Labute approximate surface area is 67.6 Å². The van der Waals surface area contributed by atoms with Gasteiger partial charge in [0.05, 0.1) is 0 Å². The molecule has 0 amide bonds. The highest BCUT2D eigenvalue weighted by Gasteiger charge is 1.98. The van der Waals surface area contributed by atoms with Crippen LogP contribution in [0.25, 0.3) is 0 Å². The first kappa shape index (κ1) is 10.4. The fraction of sp³-hybridized carbons (Fsp3) is 1.00. The Balaban J connectivity index is 3.00. The maximum atomic E-state index is 2.38. The maximum absolute atomic E-state index is 2.38. The molecule has 0 aliphatic heterocycles. The van der Waals surface area contributed by atoms with Gasteiger partial charge in [-0.25, -0.2) is 0 Å². The van der Waals surface area contributed by atoms with Crippen molar-refractivity contribution in [3.8, 4) is 0 Å². The van der Waals surface area contributed by atoms with Crippen molar-refractivity contribution in [2.24, 2.45) is 5.92 Å². The summed E-state index contributed by atoms with van der Waals surface area (Å²) in [7, 11) is 1.16. The zero-order valence-corrected chi connectivity index (χ0v) is 8.61. The molecule has 0 saturated carbocycles. The van der Waals surface area contributed by atoms with Gasteiger partial charge in [-0.3, -0.25) is 0 Å². The summed E-state index contributed by atoms with van der Waals surface area (Å²) in [6.07, 6.45) is 7.13. The molecule has 0 fully saturated rings. The first-order chi connectivity index (χ1) is 4.81. The van der Waals surface area contributed by atoms with E-state index in [0.29, 0.717) is 0 Å². The molecule has 0 N–H and O–H groups in total. The van der Waals surface area contributed by atoms with Gasteiger partial charge in [0, 0.05) is 0 Å². The number of hydrogen-bond donors (Lipinski definition) is 0. The second-order valence-electron chi connectivity index (χ2n) is 3.14. The lowest BCUT2D eigenvalue weighted by Gasteiger charge is -2.08. The molecule has 1 heteroatoms. The molecule has 0 aliphatic carbocycles. The molecule has 0 radical (unpaired) electrons. The predicted octanol–water partition coefficient (Wildman–Crippen LogP) is 3.51. The van der Waals surface area contributed by atoms with Crippen molar-refractivity contribution < 1.29 is 0 Å². The van der Waals surface area contributed by atoms with E-state index in [1.165, 1.54) is 31.8 Å². The summed E-state index contributed by atoms with van der Waals surface area (Å²) in [5, 5.41) is 0. The van der Waals surface area contributed by atoms with Gasteiger partial charge in [-0.1, -0.05) is 33.1 Å². The highest BCUT2D eigenvalue weighted by Crippen LogP contribution is 2.15. The molecule has 0 aromatic rings. The third-order valence-corrected chi connectivity index (χ3v) is 2.73. The zero-order valence-electron chi connectivity index (χ0n) is 7.61. The first-order valence-electron chi connectivity index (χ1n) is 4.45. The normalized spacial score (nSPS) is 14.7. The van der Waals surface area contributed by atoms with E-state index in [2.05, 4.69) is 20.5 Å². The molecule has 0 nitrogen and oxygen atoms in total. The van der Waals surface area contributed by atoms with Crippen LogP contribution in [0.1, 0.15) is 39.5 Å². The fourth-order valence-corrected chi connectivity index (χ4v) is 1.87. The van der Waals surface area contributed by atoms with E-state index in [9.17, 15) is 0 Å². The highest BCUT2D eigenvalue weighted by atomic mass is 31.1. The molecule has 0 saturated heterocycles. The lowest BCUT2D eigenvalue weighted by Crippen LogP contribution is -1.95. The second kappa shape index (κ2) is 7.54. The molecule has 10 heavy (non-hydrogen) atoms. The van der Waals surface area contributed by atoms with E-state index in [4.69, 9.17) is 0 Å². The van der Waals surface area contributed by atoms with Gasteiger partial charge in [0.15, 0.2) is 0 Å². The van der Waals surface area contributed by atoms with Gasteiger partial charge >= 0.3 is 0 Å². The predicted molar refractivity (Wildman–Crippen MR) is 52.4 cm³/mol. The minimum Gasteiger partial charge on any atom is -0.125 e. The summed E-state index contributed by atoms with van der Waals surface area (Å²) < 4.78 is 0. The first-order valence-corrected chi connectivity index (χ1v) is 6.16. The Morgan fingerprint density at radius 3 is 2.50 bits per heavy atom. The minimum atomic E-state index is 0.979. The molecule has 0 aliphatic rings. The quantitative estimate of drug-likeness (QED) is 0.521. The van der Waals surface area contributed by atoms with Crippen LogP contribution < -0.4 is 0 Å². The Bertz CT molecular complexity index is 53.7. The van der Waals surface area contributed by atoms with Crippen LogP contribution in [0.5, 0.6) is 0 Å². The smallest absolute Gasteiger partial charge is 0.0353 e. The number of hydrogen-bond acceptors (Lipinski definition) is 0. The summed E-state index contributed by atoms with van der Waals surface area (Å²) in [5.74, 6) is 0.979. The van der Waals surface area contributed by atoms with E-state index < -0.39 is 0 Å². The third-order valence-electron chi connectivity index (χ3n) is 1.94. The summed E-state index contributed by atoms with van der Waals surface area (Å²) in [6, 6.07) is 0. The van der Waals surface area contributed by atoms with Gasteiger partial charge in [-0.15, -0.1) is 8.58 Å². The van der Waals surface area contributed by atoms with Crippen molar-refractivity contribution >= 4 is 8.58 Å². The minimum absolute atomic E-state index is 0.979. The van der Waals surface area contributed by atoms with E-state index in [1.807, 2.05) is 0 Å². The van der Waals surface area contributed by atoms with Crippen LogP contribution in [0.2, 0.25) is 0 Å². The van der Waals surface area contributed by atoms with Gasteiger partial charge in [0.1, 0.15) is 0 Å². The average Bonchev–Trinajstić information content (AvgIpc) is 1.97. The molecule has 62 valence electrons. The fourth-order valence-electron chi connectivity index (χ4n) is 1.09. The molecule has 0 spiro atoms. The van der Waals surface area contributed by atoms with E-state index in [-0.39, 0.29) is 0 Å². The van der Waals surface area contributed by atoms with Crippen molar-refractivity contribution in [1.29, 1.82) is 0 Å². The Hall–Kier alpha value is 0.430. The van der Waals surface area contributed by atoms with Crippen LogP contribution in [-0.4, -0.2) is 12.8 Å². The van der Waals surface area contributed by atoms with Gasteiger partial charge in [0.2, 0.25) is 0 Å². The average molecular weight is 160 g/mol. The highest BCUT2D eigenvalue weighted by molar-refractivity contribution is 7.36. The van der Waals surface area contributed by atoms with Crippen molar-refractivity contribution in [1.82, 2.24) is 0 Å².